The van der Waals surface area contributed by atoms with Crippen molar-refractivity contribution in [1.82, 2.24) is 10.3 Å². The van der Waals surface area contributed by atoms with E-state index < -0.39 is 0 Å². The number of pyridine rings is 1. The highest BCUT2D eigenvalue weighted by Crippen LogP contribution is 2.13. The maximum atomic E-state index is 13.0. The molecule has 0 spiro atoms. The van der Waals surface area contributed by atoms with Crippen molar-refractivity contribution in [3.05, 3.63) is 41.8 Å². The van der Waals surface area contributed by atoms with Crippen molar-refractivity contribution in [2.24, 2.45) is 0 Å². The first kappa shape index (κ1) is 10.5. The van der Waals surface area contributed by atoms with E-state index in [9.17, 15) is 9.18 Å². The molecule has 0 fully saturated rings. The van der Waals surface area contributed by atoms with Gasteiger partial charge in [0.15, 0.2) is 0 Å². The minimum absolute atomic E-state index is 0.242. The largest absolute Gasteiger partial charge is 0.351 e. The zero-order valence-corrected chi connectivity index (χ0v) is 8.83. The summed E-state index contributed by atoms with van der Waals surface area (Å²) in [5.74, 6) is -0.596. The fourth-order valence-corrected chi connectivity index (χ4v) is 1.47. The second kappa shape index (κ2) is 4.26. The molecule has 1 amide bonds. The van der Waals surface area contributed by atoms with Crippen LogP contribution < -0.4 is 5.32 Å². The molecule has 82 valence electrons. The number of fused-ring (bicyclic) bond motifs is 1. The van der Waals surface area contributed by atoms with Crippen LogP contribution >= 0.6 is 0 Å². The van der Waals surface area contributed by atoms with Gasteiger partial charge in [0.1, 0.15) is 11.5 Å². The smallest absolute Gasteiger partial charge is 0.269 e. The van der Waals surface area contributed by atoms with Crippen LogP contribution in [0.3, 0.4) is 0 Å². The van der Waals surface area contributed by atoms with E-state index in [0.29, 0.717) is 17.8 Å². The number of hydrogen-bond donors (Lipinski definition) is 1. The van der Waals surface area contributed by atoms with E-state index >= 15 is 0 Å². The Morgan fingerprint density at radius 1 is 1.38 bits per heavy atom. The van der Waals surface area contributed by atoms with Crippen molar-refractivity contribution < 1.29 is 9.18 Å². The van der Waals surface area contributed by atoms with E-state index in [4.69, 9.17) is 0 Å². The van der Waals surface area contributed by atoms with Crippen molar-refractivity contribution in [2.45, 2.75) is 6.92 Å². The zero-order chi connectivity index (χ0) is 11.5. The molecule has 0 saturated heterocycles. The van der Waals surface area contributed by atoms with Gasteiger partial charge in [-0.25, -0.2) is 9.37 Å². The number of nitrogens with one attached hydrogen (secondary N) is 1. The monoisotopic (exact) mass is 218 g/mol. The summed E-state index contributed by atoms with van der Waals surface area (Å²) in [6, 6.07) is 7.71. The topological polar surface area (TPSA) is 42.0 Å². The van der Waals surface area contributed by atoms with E-state index in [1.165, 1.54) is 12.1 Å². The molecule has 2 rings (SSSR count). The summed E-state index contributed by atoms with van der Waals surface area (Å²) in [7, 11) is 0. The Morgan fingerprint density at radius 2 is 2.12 bits per heavy atom. The van der Waals surface area contributed by atoms with Gasteiger partial charge in [-0.1, -0.05) is 6.07 Å². The van der Waals surface area contributed by atoms with Gasteiger partial charge in [0, 0.05) is 18.0 Å². The van der Waals surface area contributed by atoms with Gasteiger partial charge in [0.2, 0.25) is 0 Å². The first-order valence-electron chi connectivity index (χ1n) is 5.05. The summed E-state index contributed by atoms with van der Waals surface area (Å²) in [4.78, 5) is 15.6. The predicted octanol–water partition coefficient (Wildman–Crippen LogP) is 2.12. The molecule has 1 N–H and O–H groups in total. The molecule has 0 bridgehead atoms. The van der Waals surface area contributed by atoms with E-state index in [1.807, 2.05) is 6.92 Å². The van der Waals surface area contributed by atoms with Gasteiger partial charge < -0.3 is 5.32 Å². The maximum Gasteiger partial charge on any atom is 0.269 e. The number of amides is 1. The Hall–Kier alpha value is -1.97. The number of hydrogen-bond acceptors (Lipinski definition) is 2. The van der Waals surface area contributed by atoms with Crippen molar-refractivity contribution >= 4 is 16.8 Å². The van der Waals surface area contributed by atoms with Crippen LogP contribution in [0.1, 0.15) is 17.4 Å². The molecule has 16 heavy (non-hydrogen) atoms. The van der Waals surface area contributed by atoms with Crippen LogP contribution in [0.2, 0.25) is 0 Å². The molecule has 2 aromatic rings. The van der Waals surface area contributed by atoms with Crippen LogP contribution in [0.5, 0.6) is 0 Å². The third kappa shape index (κ3) is 2.00. The number of nitrogens with zero attached hydrogens (tertiary/aromatic N) is 1. The molecule has 1 heterocycles. The van der Waals surface area contributed by atoms with Crippen LogP contribution in [-0.4, -0.2) is 17.4 Å². The van der Waals surface area contributed by atoms with E-state index in [0.717, 1.165) is 5.39 Å². The Bertz CT molecular complexity index is 540. The molecule has 0 radical (unpaired) electrons. The summed E-state index contributed by atoms with van der Waals surface area (Å²) in [5.41, 5.74) is 0.795. The standard InChI is InChI=1S/C12H11FN2O/c1-2-14-12(16)10-6-4-8-3-5-9(13)7-11(8)15-10/h3-7H,2H2,1H3,(H,14,16). The third-order valence-electron chi connectivity index (χ3n) is 2.22. The SMILES string of the molecule is CCNC(=O)c1ccc2ccc(F)cc2n1. The Kier molecular flexibility index (Phi) is 2.81. The van der Waals surface area contributed by atoms with Crippen molar-refractivity contribution in [1.29, 1.82) is 0 Å². The normalized spacial score (nSPS) is 10.4. The molecule has 0 atom stereocenters. The fourth-order valence-electron chi connectivity index (χ4n) is 1.47. The van der Waals surface area contributed by atoms with Gasteiger partial charge in [0.25, 0.3) is 5.91 Å². The Balaban J connectivity index is 2.46. The zero-order valence-electron chi connectivity index (χ0n) is 8.83. The maximum absolute atomic E-state index is 13.0. The lowest BCUT2D eigenvalue weighted by Gasteiger charge is -2.03. The van der Waals surface area contributed by atoms with Crippen LogP contribution in [0, 0.1) is 5.82 Å². The summed E-state index contributed by atoms with van der Waals surface area (Å²) in [6.07, 6.45) is 0. The molecular weight excluding hydrogens is 207 g/mol. The molecule has 3 nitrogen and oxygen atoms in total. The third-order valence-corrected chi connectivity index (χ3v) is 2.22. The number of benzene rings is 1. The average molecular weight is 218 g/mol. The van der Waals surface area contributed by atoms with E-state index in [-0.39, 0.29) is 11.7 Å². The first-order valence-corrected chi connectivity index (χ1v) is 5.05. The molecule has 0 aliphatic heterocycles. The van der Waals surface area contributed by atoms with Gasteiger partial charge >= 0.3 is 0 Å². The van der Waals surface area contributed by atoms with Gasteiger partial charge in [-0.05, 0) is 25.1 Å². The first-order chi connectivity index (χ1) is 7.70. The van der Waals surface area contributed by atoms with Crippen LogP contribution in [0.4, 0.5) is 4.39 Å². The van der Waals surface area contributed by atoms with Gasteiger partial charge in [-0.15, -0.1) is 0 Å². The van der Waals surface area contributed by atoms with Gasteiger partial charge in [-0.2, -0.15) is 0 Å². The molecule has 4 heteroatoms. The molecular formula is C12H11FN2O. The van der Waals surface area contributed by atoms with E-state index in [2.05, 4.69) is 10.3 Å². The van der Waals surface area contributed by atoms with E-state index in [1.54, 1.807) is 18.2 Å². The quantitative estimate of drug-likeness (QED) is 0.838. The second-order valence-corrected chi connectivity index (χ2v) is 3.39. The summed E-state index contributed by atoms with van der Waals surface area (Å²) in [6.45, 7) is 2.38. The summed E-state index contributed by atoms with van der Waals surface area (Å²) in [5, 5.41) is 3.46. The van der Waals surface area contributed by atoms with Crippen molar-refractivity contribution in [3.8, 4) is 0 Å². The highest BCUT2D eigenvalue weighted by Gasteiger charge is 2.06. The second-order valence-electron chi connectivity index (χ2n) is 3.39. The number of aromatic nitrogens is 1. The Labute approximate surface area is 92.3 Å². The summed E-state index contributed by atoms with van der Waals surface area (Å²) < 4.78 is 13.0. The van der Waals surface area contributed by atoms with Gasteiger partial charge in [-0.3, -0.25) is 4.79 Å². The fraction of sp³-hybridized carbons (Fsp3) is 0.167. The minimum Gasteiger partial charge on any atom is -0.351 e. The predicted molar refractivity (Wildman–Crippen MR) is 59.7 cm³/mol. The molecule has 0 aliphatic rings. The minimum atomic E-state index is -0.354. The number of carbonyl (C=O) groups excluding carboxylic acids is 1. The van der Waals surface area contributed by atoms with Crippen LogP contribution in [0.25, 0.3) is 10.9 Å². The lowest BCUT2D eigenvalue weighted by molar-refractivity contribution is 0.0951. The lowest BCUT2D eigenvalue weighted by atomic mass is 10.2. The average Bonchev–Trinajstić information content (AvgIpc) is 2.28. The number of carbonyl (C=O) groups is 1. The lowest BCUT2D eigenvalue weighted by Crippen LogP contribution is -2.23. The van der Waals surface area contributed by atoms with Crippen molar-refractivity contribution in [3.63, 3.8) is 0 Å². The molecule has 0 aliphatic carbocycles. The molecule has 0 unspecified atom stereocenters. The van der Waals surface area contributed by atoms with Crippen molar-refractivity contribution in [2.75, 3.05) is 6.54 Å². The van der Waals surface area contributed by atoms with Gasteiger partial charge in [0.05, 0.1) is 5.52 Å². The van der Waals surface area contributed by atoms with Crippen LogP contribution in [-0.2, 0) is 0 Å². The molecule has 1 aromatic heterocycles. The molecule has 1 aromatic carbocycles. The highest BCUT2D eigenvalue weighted by atomic mass is 19.1. The van der Waals surface area contributed by atoms with Crippen LogP contribution in [0.15, 0.2) is 30.3 Å². The number of rotatable bonds is 2. The summed E-state index contributed by atoms with van der Waals surface area (Å²) >= 11 is 0. The molecule has 0 saturated carbocycles. The highest BCUT2D eigenvalue weighted by molar-refractivity contribution is 5.94. The Morgan fingerprint density at radius 3 is 2.88 bits per heavy atom. The number of halogens is 1.